The van der Waals surface area contributed by atoms with Crippen LogP contribution in [0.1, 0.15) is 5.69 Å². The first-order chi connectivity index (χ1) is 16.2. The number of aryl methyl sites for hydroxylation is 1. The number of hydrogen-bond acceptors (Lipinski definition) is 7. The van der Waals surface area contributed by atoms with E-state index in [-0.39, 0.29) is 0 Å². The Balaban J connectivity index is 1.20. The number of H-pyrrole nitrogens is 1. The summed E-state index contributed by atoms with van der Waals surface area (Å²) in [6, 6.07) is 18.1. The van der Waals surface area contributed by atoms with Crippen molar-refractivity contribution in [2.75, 3.05) is 50.0 Å². The van der Waals surface area contributed by atoms with Gasteiger partial charge in [0.05, 0.1) is 0 Å². The molecule has 0 radical (unpaired) electrons. The minimum absolute atomic E-state index is 0.525. The highest BCUT2D eigenvalue weighted by atomic mass is 16.5. The standard InChI is InChI=1S/C25H29N7O/c1-18-15-19-16-21(5-6-23(19)28-18)29-24-7-8-27-25(31-24)30-20-3-2-4-22(17-20)33-14-13-32-11-9-26-10-12-32/h2-8,15-17,26,28H,9-14H2,1H3,(H2,27,29,30,31). The molecule has 4 N–H and O–H groups in total. The van der Waals surface area contributed by atoms with E-state index >= 15 is 0 Å². The molecule has 0 saturated carbocycles. The lowest BCUT2D eigenvalue weighted by molar-refractivity contribution is 0.191. The van der Waals surface area contributed by atoms with E-state index in [0.29, 0.717) is 12.6 Å². The van der Waals surface area contributed by atoms with Gasteiger partial charge in [0.25, 0.3) is 0 Å². The zero-order valence-corrected chi connectivity index (χ0v) is 18.8. The van der Waals surface area contributed by atoms with E-state index in [4.69, 9.17) is 4.74 Å². The molecule has 0 amide bonds. The SMILES string of the molecule is Cc1cc2cc(Nc3ccnc(Nc4cccc(OCCN5CCNCC5)c4)n3)ccc2[nH]1. The van der Waals surface area contributed by atoms with Crippen LogP contribution in [0.5, 0.6) is 5.75 Å². The van der Waals surface area contributed by atoms with Gasteiger partial charge >= 0.3 is 0 Å². The Morgan fingerprint density at radius 2 is 1.88 bits per heavy atom. The lowest BCUT2D eigenvalue weighted by Crippen LogP contribution is -2.44. The Labute approximate surface area is 193 Å². The number of hydrogen-bond donors (Lipinski definition) is 4. The third-order valence-corrected chi connectivity index (χ3v) is 5.66. The highest BCUT2D eigenvalue weighted by molar-refractivity contribution is 5.84. The number of piperazine rings is 1. The Morgan fingerprint density at radius 3 is 2.79 bits per heavy atom. The third-order valence-electron chi connectivity index (χ3n) is 5.66. The van der Waals surface area contributed by atoms with E-state index in [9.17, 15) is 0 Å². The van der Waals surface area contributed by atoms with Crippen molar-refractivity contribution < 1.29 is 4.74 Å². The Kier molecular flexibility index (Phi) is 6.37. The molecule has 2 aromatic carbocycles. The molecule has 0 bridgehead atoms. The maximum Gasteiger partial charge on any atom is 0.229 e. The Morgan fingerprint density at radius 1 is 1.00 bits per heavy atom. The summed E-state index contributed by atoms with van der Waals surface area (Å²) in [5.74, 6) is 2.08. The van der Waals surface area contributed by atoms with Gasteiger partial charge in [0, 0.05) is 73.0 Å². The van der Waals surface area contributed by atoms with Crippen molar-refractivity contribution in [2.45, 2.75) is 6.92 Å². The summed E-state index contributed by atoms with van der Waals surface area (Å²) < 4.78 is 5.97. The Hall–Kier alpha value is -3.62. The summed E-state index contributed by atoms with van der Waals surface area (Å²) in [6.45, 7) is 7.91. The normalized spacial score (nSPS) is 14.3. The van der Waals surface area contributed by atoms with Crippen LogP contribution in [0.25, 0.3) is 10.9 Å². The molecule has 0 spiro atoms. The zero-order valence-electron chi connectivity index (χ0n) is 18.8. The molecule has 1 fully saturated rings. The van der Waals surface area contributed by atoms with Gasteiger partial charge in [-0.25, -0.2) is 4.98 Å². The number of fused-ring (bicyclic) bond motifs is 1. The summed E-state index contributed by atoms with van der Waals surface area (Å²) in [6.07, 6.45) is 1.74. The number of benzene rings is 2. The van der Waals surface area contributed by atoms with Crippen LogP contribution < -0.4 is 20.7 Å². The van der Waals surface area contributed by atoms with Crippen LogP contribution in [0.4, 0.5) is 23.1 Å². The molecular formula is C25H29N7O. The van der Waals surface area contributed by atoms with Crippen LogP contribution in [0.15, 0.2) is 60.8 Å². The fourth-order valence-corrected chi connectivity index (χ4v) is 4.01. The second-order valence-corrected chi connectivity index (χ2v) is 8.24. The molecule has 0 atom stereocenters. The number of ether oxygens (including phenoxy) is 1. The van der Waals surface area contributed by atoms with Crippen LogP contribution in [0.2, 0.25) is 0 Å². The topological polar surface area (TPSA) is 90.1 Å². The van der Waals surface area contributed by atoms with Crippen LogP contribution in [0, 0.1) is 6.92 Å². The van der Waals surface area contributed by atoms with Crippen molar-refractivity contribution in [3.63, 3.8) is 0 Å². The van der Waals surface area contributed by atoms with Gasteiger partial charge in [-0.05, 0) is 49.4 Å². The highest BCUT2D eigenvalue weighted by Gasteiger charge is 2.09. The monoisotopic (exact) mass is 443 g/mol. The molecule has 1 aliphatic heterocycles. The summed E-state index contributed by atoms with van der Waals surface area (Å²) in [7, 11) is 0. The number of rotatable bonds is 8. The fourth-order valence-electron chi connectivity index (χ4n) is 4.01. The first kappa shape index (κ1) is 21.2. The molecule has 1 saturated heterocycles. The highest BCUT2D eigenvalue weighted by Crippen LogP contribution is 2.24. The van der Waals surface area contributed by atoms with Gasteiger partial charge in [-0.3, -0.25) is 4.90 Å². The molecule has 3 heterocycles. The van der Waals surface area contributed by atoms with Gasteiger partial charge in [-0.15, -0.1) is 0 Å². The zero-order chi connectivity index (χ0) is 22.5. The molecule has 170 valence electrons. The number of anilines is 4. The number of aromatic amines is 1. The predicted molar refractivity (Wildman–Crippen MR) is 133 cm³/mol. The number of nitrogens with one attached hydrogen (secondary N) is 4. The molecule has 33 heavy (non-hydrogen) atoms. The van der Waals surface area contributed by atoms with Crippen molar-refractivity contribution in [1.82, 2.24) is 25.2 Å². The average Bonchev–Trinajstić information content (AvgIpc) is 3.20. The summed E-state index contributed by atoms with van der Waals surface area (Å²) in [5, 5.41) is 11.2. The van der Waals surface area contributed by atoms with Crippen molar-refractivity contribution in [2.24, 2.45) is 0 Å². The first-order valence-corrected chi connectivity index (χ1v) is 11.3. The molecular weight excluding hydrogens is 414 g/mol. The molecule has 1 aliphatic rings. The summed E-state index contributed by atoms with van der Waals surface area (Å²) in [5.41, 5.74) is 4.13. The predicted octanol–water partition coefficient (Wildman–Crippen LogP) is 4.04. The smallest absolute Gasteiger partial charge is 0.229 e. The quantitative estimate of drug-likeness (QED) is 0.327. The van der Waals surface area contributed by atoms with Crippen molar-refractivity contribution in [3.8, 4) is 5.75 Å². The van der Waals surface area contributed by atoms with E-state index in [0.717, 1.165) is 66.9 Å². The van der Waals surface area contributed by atoms with Crippen LogP contribution in [-0.2, 0) is 0 Å². The van der Waals surface area contributed by atoms with Crippen molar-refractivity contribution in [3.05, 3.63) is 66.5 Å². The molecule has 0 unspecified atom stereocenters. The van der Waals surface area contributed by atoms with Gasteiger partial charge in [0.2, 0.25) is 5.95 Å². The van der Waals surface area contributed by atoms with Crippen LogP contribution >= 0.6 is 0 Å². The van der Waals surface area contributed by atoms with Crippen LogP contribution in [-0.4, -0.2) is 59.2 Å². The minimum atomic E-state index is 0.525. The maximum atomic E-state index is 5.97. The van der Waals surface area contributed by atoms with E-state index in [1.54, 1.807) is 6.20 Å². The van der Waals surface area contributed by atoms with Gasteiger partial charge in [0.15, 0.2) is 0 Å². The fraction of sp³-hybridized carbons (Fsp3) is 0.280. The average molecular weight is 444 g/mol. The Bertz CT molecular complexity index is 1220. The van der Waals surface area contributed by atoms with E-state index in [2.05, 4.69) is 60.9 Å². The van der Waals surface area contributed by atoms with E-state index in [1.165, 1.54) is 5.39 Å². The molecule has 2 aromatic heterocycles. The summed E-state index contributed by atoms with van der Waals surface area (Å²) >= 11 is 0. The third kappa shape index (κ3) is 5.60. The largest absolute Gasteiger partial charge is 0.492 e. The molecule has 8 heteroatoms. The summed E-state index contributed by atoms with van der Waals surface area (Å²) in [4.78, 5) is 14.7. The van der Waals surface area contributed by atoms with Crippen molar-refractivity contribution >= 4 is 34.0 Å². The van der Waals surface area contributed by atoms with E-state index < -0.39 is 0 Å². The second-order valence-electron chi connectivity index (χ2n) is 8.24. The van der Waals surface area contributed by atoms with E-state index in [1.807, 2.05) is 36.4 Å². The van der Waals surface area contributed by atoms with Gasteiger partial charge in [-0.1, -0.05) is 6.07 Å². The molecule has 0 aliphatic carbocycles. The molecule has 5 rings (SSSR count). The first-order valence-electron chi connectivity index (χ1n) is 11.3. The second kappa shape index (κ2) is 9.89. The molecule has 8 nitrogen and oxygen atoms in total. The number of aromatic nitrogens is 3. The number of nitrogens with zero attached hydrogens (tertiary/aromatic N) is 3. The minimum Gasteiger partial charge on any atom is -0.492 e. The van der Waals surface area contributed by atoms with Crippen LogP contribution in [0.3, 0.4) is 0 Å². The molecule has 4 aromatic rings. The lowest BCUT2D eigenvalue weighted by atomic mass is 10.2. The maximum absolute atomic E-state index is 5.97. The van der Waals surface area contributed by atoms with Gasteiger partial charge in [0.1, 0.15) is 18.2 Å². The van der Waals surface area contributed by atoms with Gasteiger partial charge < -0.3 is 25.7 Å². The van der Waals surface area contributed by atoms with Gasteiger partial charge in [-0.2, -0.15) is 4.98 Å². The lowest BCUT2D eigenvalue weighted by Gasteiger charge is -2.26. The van der Waals surface area contributed by atoms with Crippen molar-refractivity contribution in [1.29, 1.82) is 0 Å².